The maximum Gasteiger partial charge on any atom is 0.264 e. The quantitative estimate of drug-likeness (QED) is 0.587. The van der Waals surface area contributed by atoms with Crippen LogP contribution in [-0.4, -0.2) is 21.4 Å². The molecule has 0 aliphatic carbocycles. The van der Waals surface area contributed by atoms with Gasteiger partial charge in [0.25, 0.3) is 11.5 Å². The Morgan fingerprint density at radius 2 is 2.27 bits per heavy atom. The molecule has 0 radical (unpaired) electrons. The van der Waals surface area contributed by atoms with E-state index in [0.29, 0.717) is 0 Å². The number of nitrogens with zero attached hydrogens (tertiary/aromatic N) is 2. The Hall–Kier alpha value is -2.70. The Bertz CT molecular complexity index is 1200. The van der Waals surface area contributed by atoms with E-state index in [0.717, 1.165) is 0 Å². The normalized spacial score (nSPS) is 29.0. The lowest BCUT2D eigenvalue weighted by atomic mass is 9.90. The Kier molecular flexibility index (Phi) is 1.49. The number of benzene rings is 1. The van der Waals surface area contributed by atoms with Crippen molar-refractivity contribution >= 4 is 28.4 Å². The molecule has 0 saturated carbocycles. The van der Waals surface area contributed by atoms with Gasteiger partial charge in [0.15, 0.2) is 0 Å². The molecule has 22 heavy (non-hydrogen) atoms. The zero-order chi connectivity index (χ0) is 23.7. The number of hydrogen-bond donors (Lipinski definition) is 2. The summed E-state index contributed by atoms with van der Waals surface area (Å²) in [6.07, 6.45) is -1.22. The maximum absolute atomic E-state index is 13.5. The molecule has 1 aliphatic rings. The van der Waals surface area contributed by atoms with E-state index in [1.165, 1.54) is 0 Å². The highest BCUT2D eigenvalue weighted by Gasteiger charge is 2.42. The lowest BCUT2D eigenvalue weighted by molar-refractivity contribution is -0.140. The molecule has 1 aromatic carbocycles. The predicted molar refractivity (Wildman–Crippen MR) is 81.2 cm³/mol. The molecular weight excluding hydrogens is 284 g/mol. The Labute approximate surface area is 138 Å². The zero-order valence-corrected chi connectivity index (χ0v) is 11.1. The summed E-state index contributed by atoms with van der Waals surface area (Å²) in [5.41, 5.74) is 0.360. The topological polar surface area (TPSA) is 107 Å². The van der Waals surface area contributed by atoms with Crippen molar-refractivity contribution in [2.75, 3.05) is 5.73 Å². The Balaban J connectivity index is 2.63. The molecule has 1 aliphatic heterocycles. The number of amides is 2. The van der Waals surface area contributed by atoms with Gasteiger partial charge in [-0.05, 0) is 32.2 Å². The van der Waals surface area contributed by atoms with Crippen molar-refractivity contribution < 1.29 is 21.9 Å². The zero-order valence-electron chi connectivity index (χ0n) is 20.1. The van der Waals surface area contributed by atoms with Gasteiger partial charge in [0.05, 0.1) is 15.0 Å². The van der Waals surface area contributed by atoms with Crippen LogP contribution >= 0.6 is 0 Å². The summed E-state index contributed by atoms with van der Waals surface area (Å²) in [7, 11) is 0. The van der Waals surface area contributed by atoms with Crippen LogP contribution in [0.15, 0.2) is 22.9 Å². The fourth-order valence-corrected chi connectivity index (χ4v) is 2.34. The van der Waals surface area contributed by atoms with Crippen LogP contribution < -0.4 is 16.6 Å². The lowest BCUT2D eigenvalue weighted by Crippen LogP contribution is -2.56. The van der Waals surface area contributed by atoms with Crippen molar-refractivity contribution in [3.05, 3.63) is 34.3 Å². The number of nitrogen functional groups attached to an aromatic ring is 1. The van der Waals surface area contributed by atoms with Crippen LogP contribution in [-0.2, 0) is 15.1 Å². The summed E-state index contributed by atoms with van der Waals surface area (Å²) in [6.45, 7) is -6.52. The fourth-order valence-electron chi connectivity index (χ4n) is 2.34. The van der Waals surface area contributed by atoms with Crippen molar-refractivity contribution in [2.45, 2.75) is 32.1 Å². The van der Waals surface area contributed by atoms with Gasteiger partial charge in [-0.3, -0.25) is 24.3 Å². The molecule has 3 N–H and O–H groups in total. The third-order valence-corrected chi connectivity index (χ3v) is 3.45. The average Bonchev–Trinajstić information content (AvgIpc) is 2.63. The number of aromatic nitrogens is 2. The summed E-state index contributed by atoms with van der Waals surface area (Å²) in [5.74, 6) is -3.33. The van der Waals surface area contributed by atoms with Crippen molar-refractivity contribution in [3.63, 3.8) is 0 Å². The molecule has 0 unspecified atom stereocenters. The van der Waals surface area contributed by atoms with E-state index >= 15 is 0 Å². The van der Waals surface area contributed by atoms with Crippen molar-refractivity contribution in [2.24, 2.45) is 0 Å². The maximum atomic E-state index is 13.5. The number of piperidine rings is 1. The molecule has 1 atom stereocenters. The minimum Gasteiger partial charge on any atom is -0.398 e. The highest BCUT2D eigenvalue weighted by molar-refractivity contribution is 6.01. The second-order valence-corrected chi connectivity index (χ2v) is 4.83. The molecular formula is C15H16N4O3. The Morgan fingerprint density at radius 1 is 1.45 bits per heavy atom. The average molecular weight is 309 g/mol. The fraction of sp³-hybridized carbons (Fsp3) is 0.333. The van der Waals surface area contributed by atoms with Crippen LogP contribution in [0.4, 0.5) is 5.69 Å². The smallest absolute Gasteiger partial charge is 0.264 e. The first-order valence-electron chi connectivity index (χ1n) is 10.7. The van der Waals surface area contributed by atoms with Crippen LogP contribution in [0.25, 0.3) is 10.9 Å². The SMILES string of the molecule is [2H]c1c([2H])c(N)c2c(=O)n([C@]3(C([2H])([2H])[2H])CCC(=O)NC3=O)c(C([2H])([2H])[2H])nc2c1[2H]. The Morgan fingerprint density at radius 3 is 2.95 bits per heavy atom. The molecule has 1 aromatic heterocycles. The minimum absolute atomic E-state index is 0.190. The van der Waals surface area contributed by atoms with Gasteiger partial charge in [0.1, 0.15) is 11.4 Å². The number of aryl methyl sites for hydroxylation is 1. The highest BCUT2D eigenvalue weighted by atomic mass is 16.2. The van der Waals surface area contributed by atoms with Crippen LogP contribution in [0.1, 0.15) is 37.9 Å². The van der Waals surface area contributed by atoms with E-state index in [9.17, 15) is 14.4 Å². The first-order chi connectivity index (χ1) is 14.1. The van der Waals surface area contributed by atoms with Crippen LogP contribution in [0.3, 0.4) is 0 Å². The summed E-state index contributed by atoms with van der Waals surface area (Å²) < 4.78 is 70.9. The summed E-state index contributed by atoms with van der Waals surface area (Å²) in [5, 5.41) is 1.17. The number of fused-ring (bicyclic) bond motifs is 1. The largest absolute Gasteiger partial charge is 0.398 e. The summed E-state index contributed by atoms with van der Waals surface area (Å²) in [4.78, 5) is 41.7. The number of nitrogens with one attached hydrogen (secondary N) is 1. The number of carbonyl (C=O) groups is 2. The molecule has 2 amide bonds. The molecule has 7 nitrogen and oxygen atoms in total. The highest BCUT2D eigenvalue weighted by Crippen LogP contribution is 2.27. The van der Waals surface area contributed by atoms with E-state index < -0.39 is 90.0 Å². The molecule has 7 heteroatoms. The van der Waals surface area contributed by atoms with Gasteiger partial charge in [0.2, 0.25) is 5.91 Å². The number of hydrogen-bond acceptors (Lipinski definition) is 5. The lowest BCUT2D eigenvalue weighted by Gasteiger charge is -2.34. The van der Waals surface area contributed by atoms with Crippen LogP contribution in [0.5, 0.6) is 0 Å². The van der Waals surface area contributed by atoms with Gasteiger partial charge in [-0.25, -0.2) is 4.98 Å². The molecule has 0 spiro atoms. The van der Waals surface area contributed by atoms with Crippen molar-refractivity contribution in [1.82, 2.24) is 14.9 Å². The van der Waals surface area contributed by atoms with Crippen LogP contribution in [0.2, 0.25) is 0 Å². The standard InChI is InChI=1S/C15H16N4O3/c1-8-17-10-5-3-4-9(16)12(10)13(21)19(8)15(2)7-6-11(20)18-14(15)22/h3-5H,6-7,16H2,1-2H3,(H,18,20,22)/t15-/m1/s1/i1D3,2D3,3D,4D,5D. The number of rotatable bonds is 1. The third kappa shape index (κ3) is 1.89. The minimum atomic E-state index is -3.30. The van der Waals surface area contributed by atoms with Crippen molar-refractivity contribution in [1.29, 1.82) is 0 Å². The molecule has 2 heterocycles. The molecule has 0 bridgehead atoms. The first-order valence-corrected chi connectivity index (χ1v) is 6.23. The van der Waals surface area contributed by atoms with E-state index in [2.05, 4.69) is 4.98 Å². The molecule has 1 fully saturated rings. The molecule has 114 valence electrons. The van der Waals surface area contributed by atoms with E-state index in [1.807, 2.05) is 5.32 Å². The monoisotopic (exact) mass is 309 g/mol. The number of nitrogens with two attached hydrogens (primary N) is 1. The van der Waals surface area contributed by atoms with Gasteiger partial charge in [-0.1, -0.05) is 6.04 Å². The van der Waals surface area contributed by atoms with Gasteiger partial charge in [-0.2, -0.15) is 0 Å². The van der Waals surface area contributed by atoms with Crippen molar-refractivity contribution in [3.8, 4) is 0 Å². The summed E-state index contributed by atoms with van der Waals surface area (Å²) >= 11 is 0. The van der Waals surface area contributed by atoms with E-state index in [-0.39, 0.29) is 4.57 Å². The van der Waals surface area contributed by atoms with Gasteiger partial charge < -0.3 is 5.73 Å². The van der Waals surface area contributed by atoms with E-state index in [1.54, 1.807) is 0 Å². The molecule has 1 saturated heterocycles. The van der Waals surface area contributed by atoms with Gasteiger partial charge in [-0.15, -0.1) is 0 Å². The second-order valence-electron chi connectivity index (χ2n) is 4.83. The van der Waals surface area contributed by atoms with Gasteiger partial charge in [0, 0.05) is 20.3 Å². The number of anilines is 1. The van der Waals surface area contributed by atoms with E-state index in [4.69, 9.17) is 18.1 Å². The third-order valence-electron chi connectivity index (χ3n) is 3.45. The summed E-state index contributed by atoms with van der Waals surface area (Å²) in [6, 6.07) is -2.18. The van der Waals surface area contributed by atoms with Crippen LogP contribution in [0, 0.1) is 6.85 Å². The van der Waals surface area contributed by atoms with Gasteiger partial charge >= 0.3 is 0 Å². The number of imide groups is 1. The molecule has 2 aromatic rings. The first kappa shape index (κ1) is 7.04. The predicted octanol–water partition coefficient (Wildman–Crippen LogP) is 0.439. The second kappa shape index (κ2) is 4.66. The molecule has 3 rings (SSSR count). The number of carbonyl (C=O) groups excluding carboxylic acids is 2.